The molecule has 0 unspecified atom stereocenters. The van der Waals surface area contributed by atoms with Crippen LogP contribution in [0, 0.1) is 0 Å². The molecule has 1 atom stereocenters. The zero-order valence-corrected chi connectivity index (χ0v) is 10.0. The predicted molar refractivity (Wildman–Crippen MR) is 66.2 cm³/mol. The van der Waals surface area contributed by atoms with Gasteiger partial charge >= 0.3 is 0 Å². The summed E-state index contributed by atoms with van der Waals surface area (Å²) in [6, 6.07) is 4.67. The van der Waals surface area contributed by atoms with Crippen molar-refractivity contribution in [3.8, 4) is 5.75 Å². The lowest BCUT2D eigenvalue weighted by atomic mass is 9.92. The van der Waals surface area contributed by atoms with Gasteiger partial charge in [0, 0.05) is 11.6 Å². The highest BCUT2D eigenvalue weighted by Crippen LogP contribution is 2.37. The van der Waals surface area contributed by atoms with Crippen molar-refractivity contribution in [3.63, 3.8) is 0 Å². The molecule has 1 saturated heterocycles. The Morgan fingerprint density at radius 3 is 3.06 bits per heavy atom. The molecule has 2 aliphatic heterocycles. The van der Waals surface area contributed by atoms with E-state index in [1.165, 1.54) is 24.0 Å². The van der Waals surface area contributed by atoms with Crippen LogP contribution in [0.15, 0.2) is 12.1 Å². The van der Waals surface area contributed by atoms with E-state index in [-0.39, 0.29) is 6.61 Å². The standard InChI is InChI=1S/C14H19NO2/c16-9-10-5-6-11(13-4-1-7-15-13)12-3-2-8-17-14(10)12/h5-6,13,15-16H,1-4,7-9H2/t13-/m1/s1. The SMILES string of the molecule is OCc1ccc([C@H]2CCCN2)c2c1OCCC2. The maximum absolute atomic E-state index is 9.35. The Hall–Kier alpha value is -1.06. The van der Waals surface area contributed by atoms with Gasteiger partial charge in [-0.25, -0.2) is 0 Å². The second kappa shape index (κ2) is 4.67. The second-order valence-electron chi connectivity index (χ2n) is 4.88. The summed E-state index contributed by atoms with van der Waals surface area (Å²) in [7, 11) is 0. The highest BCUT2D eigenvalue weighted by Gasteiger charge is 2.24. The fourth-order valence-corrected chi connectivity index (χ4v) is 2.95. The molecule has 0 bridgehead atoms. The summed E-state index contributed by atoms with van der Waals surface area (Å²) in [4.78, 5) is 0. The minimum Gasteiger partial charge on any atom is -0.493 e. The quantitative estimate of drug-likeness (QED) is 0.820. The molecule has 2 heterocycles. The number of nitrogens with one attached hydrogen (secondary N) is 1. The first-order chi connectivity index (χ1) is 8.40. The average molecular weight is 233 g/mol. The number of rotatable bonds is 2. The molecule has 17 heavy (non-hydrogen) atoms. The van der Waals surface area contributed by atoms with Gasteiger partial charge < -0.3 is 15.2 Å². The Morgan fingerprint density at radius 1 is 1.35 bits per heavy atom. The van der Waals surface area contributed by atoms with E-state index in [9.17, 15) is 5.11 Å². The second-order valence-corrected chi connectivity index (χ2v) is 4.88. The molecule has 0 amide bonds. The molecular formula is C14H19NO2. The maximum Gasteiger partial charge on any atom is 0.128 e. The predicted octanol–water partition coefficient (Wildman–Crippen LogP) is 1.93. The number of aliphatic hydroxyl groups excluding tert-OH is 1. The molecule has 3 rings (SSSR count). The molecule has 0 saturated carbocycles. The zero-order chi connectivity index (χ0) is 11.7. The van der Waals surface area contributed by atoms with Crippen LogP contribution in [-0.2, 0) is 13.0 Å². The molecule has 92 valence electrons. The van der Waals surface area contributed by atoms with Crippen molar-refractivity contribution in [2.45, 2.75) is 38.3 Å². The fraction of sp³-hybridized carbons (Fsp3) is 0.571. The van der Waals surface area contributed by atoms with Crippen molar-refractivity contribution in [3.05, 3.63) is 28.8 Å². The van der Waals surface area contributed by atoms with Crippen LogP contribution in [0.1, 0.15) is 42.0 Å². The number of ether oxygens (including phenoxy) is 1. The summed E-state index contributed by atoms with van der Waals surface area (Å²) in [5.41, 5.74) is 3.64. The van der Waals surface area contributed by atoms with Crippen LogP contribution in [0.5, 0.6) is 5.75 Å². The van der Waals surface area contributed by atoms with Gasteiger partial charge in [-0.15, -0.1) is 0 Å². The number of fused-ring (bicyclic) bond motifs is 1. The molecular weight excluding hydrogens is 214 g/mol. The molecule has 2 aliphatic rings. The third-order valence-corrected chi connectivity index (χ3v) is 3.80. The van der Waals surface area contributed by atoms with E-state index >= 15 is 0 Å². The van der Waals surface area contributed by atoms with Crippen molar-refractivity contribution in [1.29, 1.82) is 0 Å². The first-order valence-corrected chi connectivity index (χ1v) is 6.52. The van der Waals surface area contributed by atoms with Gasteiger partial charge in [0.1, 0.15) is 5.75 Å². The minimum atomic E-state index is 0.0701. The molecule has 0 radical (unpaired) electrons. The van der Waals surface area contributed by atoms with Crippen LogP contribution in [0.3, 0.4) is 0 Å². The van der Waals surface area contributed by atoms with Crippen molar-refractivity contribution in [2.75, 3.05) is 13.2 Å². The summed E-state index contributed by atoms with van der Waals surface area (Å²) < 4.78 is 5.76. The number of aliphatic hydroxyl groups is 1. The third-order valence-electron chi connectivity index (χ3n) is 3.80. The molecule has 1 aromatic carbocycles. The molecule has 2 N–H and O–H groups in total. The molecule has 3 nitrogen and oxygen atoms in total. The molecule has 3 heteroatoms. The molecule has 1 fully saturated rings. The normalized spacial score (nSPS) is 23.2. The van der Waals surface area contributed by atoms with E-state index in [1.54, 1.807) is 0 Å². The summed E-state index contributed by atoms with van der Waals surface area (Å²) in [6.45, 7) is 1.96. The van der Waals surface area contributed by atoms with Crippen LogP contribution in [-0.4, -0.2) is 18.3 Å². The van der Waals surface area contributed by atoms with E-state index in [4.69, 9.17) is 4.74 Å². The van der Waals surface area contributed by atoms with Crippen molar-refractivity contribution in [2.24, 2.45) is 0 Å². The van der Waals surface area contributed by atoms with Gasteiger partial charge in [0.2, 0.25) is 0 Å². The van der Waals surface area contributed by atoms with Crippen LogP contribution >= 0.6 is 0 Å². The Morgan fingerprint density at radius 2 is 2.29 bits per heavy atom. The van der Waals surface area contributed by atoms with Crippen molar-refractivity contribution in [1.82, 2.24) is 5.32 Å². The maximum atomic E-state index is 9.35. The van der Waals surface area contributed by atoms with Gasteiger partial charge in [-0.1, -0.05) is 12.1 Å². The van der Waals surface area contributed by atoms with E-state index in [2.05, 4.69) is 11.4 Å². The van der Waals surface area contributed by atoms with E-state index in [1.807, 2.05) is 6.07 Å². The van der Waals surface area contributed by atoms with Gasteiger partial charge in [-0.3, -0.25) is 0 Å². The Kier molecular flexibility index (Phi) is 3.04. The Bertz CT molecular complexity index is 411. The van der Waals surface area contributed by atoms with E-state index < -0.39 is 0 Å². The number of hydrogen-bond acceptors (Lipinski definition) is 3. The Labute approximate surface area is 102 Å². The molecule has 0 aromatic heterocycles. The van der Waals surface area contributed by atoms with Gasteiger partial charge in [0.25, 0.3) is 0 Å². The summed E-state index contributed by atoms with van der Waals surface area (Å²) in [6.07, 6.45) is 4.63. The lowest BCUT2D eigenvalue weighted by Gasteiger charge is -2.25. The minimum absolute atomic E-state index is 0.0701. The van der Waals surface area contributed by atoms with Gasteiger partial charge in [0.05, 0.1) is 13.2 Å². The van der Waals surface area contributed by atoms with Crippen molar-refractivity contribution >= 4 is 0 Å². The van der Waals surface area contributed by atoms with Crippen LogP contribution < -0.4 is 10.1 Å². The topological polar surface area (TPSA) is 41.5 Å². The average Bonchev–Trinajstić information content (AvgIpc) is 2.91. The Balaban J connectivity index is 2.03. The van der Waals surface area contributed by atoms with Crippen molar-refractivity contribution < 1.29 is 9.84 Å². The molecule has 1 aromatic rings. The fourth-order valence-electron chi connectivity index (χ4n) is 2.95. The van der Waals surface area contributed by atoms with E-state index in [0.717, 1.165) is 37.3 Å². The van der Waals surface area contributed by atoms with Crippen LogP contribution in [0.4, 0.5) is 0 Å². The molecule has 0 spiro atoms. The lowest BCUT2D eigenvalue weighted by molar-refractivity contribution is 0.251. The monoisotopic (exact) mass is 233 g/mol. The molecule has 0 aliphatic carbocycles. The third kappa shape index (κ3) is 1.94. The zero-order valence-electron chi connectivity index (χ0n) is 10.0. The van der Waals surface area contributed by atoms with Crippen LogP contribution in [0.2, 0.25) is 0 Å². The number of hydrogen-bond donors (Lipinski definition) is 2. The summed E-state index contributed by atoms with van der Waals surface area (Å²) >= 11 is 0. The lowest BCUT2D eigenvalue weighted by Crippen LogP contribution is -2.19. The first kappa shape index (κ1) is 11.1. The first-order valence-electron chi connectivity index (χ1n) is 6.52. The smallest absolute Gasteiger partial charge is 0.128 e. The largest absolute Gasteiger partial charge is 0.493 e. The van der Waals surface area contributed by atoms with Crippen LogP contribution in [0.25, 0.3) is 0 Å². The summed E-state index contributed by atoms with van der Waals surface area (Å²) in [5, 5.41) is 12.9. The van der Waals surface area contributed by atoms with Gasteiger partial charge in [0.15, 0.2) is 0 Å². The van der Waals surface area contributed by atoms with Gasteiger partial charge in [-0.05, 0) is 43.4 Å². The highest BCUT2D eigenvalue weighted by atomic mass is 16.5. The van der Waals surface area contributed by atoms with E-state index in [0.29, 0.717) is 6.04 Å². The highest BCUT2D eigenvalue weighted by molar-refractivity contribution is 5.48. The van der Waals surface area contributed by atoms with Gasteiger partial charge in [-0.2, -0.15) is 0 Å². The summed E-state index contributed by atoms with van der Waals surface area (Å²) in [5.74, 6) is 0.949. The number of benzene rings is 1.